The molecule has 0 bridgehead atoms. The third kappa shape index (κ3) is 5.88. The lowest BCUT2D eigenvalue weighted by Gasteiger charge is -2.17. The van der Waals surface area contributed by atoms with Crippen LogP contribution in [0.4, 0.5) is 0 Å². The highest BCUT2D eigenvalue weighted by atomic mass is 15.5. The van der Waals surface area contributed by atoms with Gasteiger partial charge in [0.2, 0.25) is 11.9 Å². The van der Waals surface area contributed by atoms with Gasteiger partial charge < -0.3 is 10.6 Å². The summed E-state index contributed by atoms with van der Waals surface area (Å²) in [5.74, 6) is 1.63. The monoisotopic (exact) mass is 320 g/mol. The minimum Gasteiger partial charge on any atom is -0.355 e. The van der Waals surface area contributed by atoms with E-state index in [4.69, 9.17) is 0 Å². The Morgan fingerprint density at radius 2 is 1.52 bits per heavy atom. The third-order valence-corrected chi connectivity index (χ3v) is 3.60. The summed E-state index contributed by atoms with van der Waals surface area (Å²) in [4.78, 5) is 8.98. The zero-order chi connectivity index (χ0) is 16.5. The Labute approximate surface area is 138 Å². The first-order valence-electron chi connectivity index (χ1n) is 8.30. The van der Waals surface area contributed by atoms with Crippen LogP contribution in [0.25, 0.3) is 0 Å². The summed E-state index contributed by atoms with van der Waals surface area (Å²) >= 11 is 0. The largest absolute Gasteiger partial charge is 0.355 e. The second-order valence-electron chi connectivity index (χ2n) is 5.71. The number of aliphatic imine (C=N–C) groups is 2. The molecule has 0 amide bonds. The van der Waals surface area contributed by atoms with Crippen molar-refractivity contribution < 1.29 is 0 Å². The Balaban J connectivity index is 1.92. The second-order valence-corrected chi connectivity index (χ2v) is 5.71. The van der Waals surface area contributed by atoms with E-state index in [0.29, 0.717) is 0 Å². The molecule has 0 aromatic heterocycles. The molecular formula is C15H28N8. The van der Waals surface area contributed by atoms with Crippen molar-refractivity contribution >= 4 is 23.8 Å². The van der Waals surface area contributed by atoms with Crippen molar-refractivity contribution in [2.24, 2.45) is 20.2 Å². The maximum Gasteiger partial charge on any atom is 0.214 e. The van der Waals surface area contributed by atoms with Gasteiger partial charge in [0.1, 0.15) is 0 Å². The molecule has 0 saturated heterocycles. The van der Waals surface area contributed by atoms with Crippen molar-refractivity contribution in [2.45, 2.75) is 32.6 Å². The SMILES string of the molecule is CC(/C=N/N(C)C1=NCCCCN1)=N\N(C)C1=NCCCCN1. The maximum absolute atomic E-state index is 4.50. The molecule has 2 aliphatic rings. The van der Waals surface area contributed by atoms with Crippen molar-refractivity contribution in [1.82, 2.24) is 20.7 Å². The topological polar surface area (TPSA) is 80.0 Å². The zero-order valence-corrected chi connectivity index (χ0v) is 14.4. The first-order chi connectivity index (χ1) is 11.2. The molecule has 0 aromatic carbocycles. The predicted octanol–water partition coefficient (Wildman–Crippen LogP) is 0.691. The van der Waals surface area contributed by atoms with Crippen LogP contribution in [0, 0.1) is 0 Å². The fourth-order valence-electron chi connectivity index (χ4n) is 2.32. The van der Waals surface area contributed by atoms with Gasteiger partial charge in [-0.05, 0) is 32.6 Å². The van der Waals surface area contributed by atoms with Gasteiger partial charge in [-0.2, -0.15) is 10.2 Å². The summed E-state index contributed by atoms with van der Waals surface area (Å²) in [6, 6.07) is 0. The number of rotatable bonds is 3. The van der Waals surface area contributed by atoms with Crippen molar-refractivity contribution in [3.8, 4) is 0 Å². The molecule has 0 spiro atoms. The van der Waals surface area contributed by atoms with E-state index >= 15 is 0 Å². The van der Waals surface area contributed by atoms with Crippen molar-refractivity contribution in [1.29, 1.82) is 0 Å². The molecular weight excluding hydrogens is 292 g/mol. The highest BCUT2D eigenvalue weighted by Gasteiger charge is 2.08. The Hall–Kier alpha value is -2.12. The Bertz CT molecular complexity index is 494. The van der Waals surface area contributed by atoms with Gasteiger partial charge in [-0.25, -0.2) is 10.0 Å². The van der Waals surface area contributed by atoms with E-state index in [1.165, 1.54) is 0 Å². The van der Waals surface area contributed by atoms with Gasteiger partial charge in [0.15, 0.2) is 0 Å². The van der Waals surface area contributed by atoms with E-state index in [1.54, 1.807) is 16.2 Å². The summed E-state index contributed by atoms with van der Waals surface area (Å²) in [5, 5.41) is 19.0. The van der Waals surface area contributed by atoms with E-state index in [-0.39, 0.29) is 0 Å². The van der Waals surface area contributed by atoms with E-state index in [2.05, 4.69) is 30.8 Å². The Morgan fingerprint density at radius 1 is 0.957 bits per heavy atom. The summed E-state index contributed by atoms with van der Waals surface area (Å²) in [5.41, 5.74) is 0.808. The van der Waals surface area contributed by atoms with Crippen LogP contribution in [-0.4, -0.2) is 74.1 Å². The van der Waals surface area contributed by atoms with Crippen molar-refractivity contribution in [3.63, 3.8) is 0 Å². The van der Waals surface area contributed by atoms with Crippen LogP contribution in [0.2, 0.25) is 0 Å². The number of nitrogens with zero attached hydrogens (tertiary/aromatic N) is 6. The van der Waals surface area contributed by atoms with E-state index in [9.17, 15) is 0 Å². The molecule has 0 unspecified atom stereocenters. The van der Waals surface area contributed by atoms with Gasteiger partial charge in [-0.3, -0.25) is 9.98 Å². The quantitative estimate of drug-likeness (QED) is 0.592. The molecule has 0 atom stereocenters. The summed E-state index contributed by atoms with van der Waals surface area (Å²) in [6.07, 6.45) is 6.27. The lowest BCUT2D eigenvalue weighted by atomic mass is 10.3. The molecule has 2 rings (SSSR count). The molecule has 23 heavy (non-hydrogen) atoms. The predicted molar refractivity (Wildman–Crippen MR) is 96.2 cm³/mol. The van der Waals surface area contributed by atoms with Crippen LogP contribution in [-0.2, 0) is 0 Å². The molecule has 0 aliphatic carbocycles. The maximum atomic E-state index is 4.50. The van der Waals surface area contributed by atoms with Crippen molar-refractivity contribution in [3.05, 3.63) is 0 Å². The minimum absolute atomic E-state index is 0.808. The van der Waals surface area contributed by atoms with Gasteiger partial charge in [0.05, 0.1) is 11.9 Å². The van der Waals surface area contributed by atoms with Crippen LogP contribution in [0.5, 0.6) is 0 Å². The molecule has 0 aromatic rings. The molecule has 0 fully saturated rings. The molecule has 2 aliphatic heterocycles. The number of hydrogen-bond donors (Lipinski definition) is 2. The summed E-state index contributed by atoms with van der Waals surface area (Å²) < 4.78 is 0. The number of hydrazone groups is 2. The average molecular weight is 320 g/mol. The second kappa shape index (κ2) is 9.12. The fourth-order valence-corrected chi connectivity index (χ4v) is 2.32. The summed E-state index contributed by atoms with van der Waals surface area (Å²) in [7, 11) is 3.79. The highest BCUT2D eigenvalue weighted by Crippen LogP contribution is 1.99. The van der Waals surface area contributed by atoms with Crippen LogP contribution in [0.1, 0.15) is 32.6 Å². The van der Waals surface area contributed by atoms with Crippen LogP contribution in [0.15, 0.2) is 20.2 Å². The molecule has 2 N–H and O–H groups in total. The lowest BCUT2D eigenvalue weighted by molar-refractivity contribution is 0.515. The van der Waals surface area contributed by atoms with Crippen molar-refractivity contribution in [2.75, 3.05) is 40.3 Å². The Morgan fingerprint density at radius 3 is 2.13 bits per heavy atom. The zero-order valence-electron chi connectivity index (χ0n) is 14.4. The number of guanidine groups is 2. The molecule has 2 heterocycles. The van der Waals surface area contributed by atoms with Gasteiger partial charge >= 0.3 is 0 Å². The molecule has 128 valence electrons. The van der Waals surface area contributed by atoms with Crippen LogP contribution >= 0.6 is 0 Å². The fraction of sp³-hybridized carbons (Fsp3) is 0.733. The number of hydrogen-bond acceptors (Lipinski definition) is 8. The van der Waals surface area contributed by atoms with E-state index in [0.717, 1.165) is 69.5 Å². The van der Waals surface area contributed by atoms with Crippen LogP contribution < -0.4 is 10.6 Å². The molecule has 8 nitrogen and oxygen atoms in total. The lowest BCUT2D eigenvalue weighted by Crippen LogP contribution is -2.36. The summed E-state index contributed by atoms with van der Waals surface area (Å²) in [6.45, 7) is 5.51. The Kier molecular flexibility index (Phi) is 6.83. The minimum atomic E-state index is 0.808. The van der Waals surface area contributed by atoms with Gasteiger partial charge in [-0.15, -0.1) is 0 Å². The molecule has 0 saturated carbocycles. The highest BCUT2D eigenvalue weighted by molar-refractivity contribution is 6.29. The average Bonchev–Trinajstić information content (AvgIpc) is 2.97. The van der Waals surface area contributed by atoms with E-state index < -0.39 is 0 Å². The smallest absolute Gasteiger partial charge is 0.214 e. The first-order valence-corrected chi connectivity index (χ1v) is 8.30. The van der Waals surface area contributed by atoms with Gasteiger partial charge in [0.25, 0.3) is 0 Å². The van der Waals surface area contributed by atoms with Gasteiger partial charge in [-0.1, -0.05) is 0 Å². The standard InChI is InChI=1S/C15H28N8/c1-13(21-23(3)15-18-10-6-7-11-19-15)12-20-22(2)14-16-8-4-5-9-17-14/h12H,4-11H2,1-3H3,(H,16,17)(H,18,19)/b20-12+,21-13+. The van der Waals surface area contributed by atoms with E-state index in [1.807, 2.05) is 21.0 Å². The third-order valence-electron chi connectivity index (χ3n) is 3.60. The number of nitrogens with one attached hydrogen (secondary N) is 2. The van der Waals surface area contributed by atoms with Gasteiger partial charge in [0, 0.05) is 40.3 Å². The normalized spacial score (nSPS) is 19.9. The first kappa shape index (κ1) is 17.2. The molecule has 0 radical (unpaired) electrons. The van der Waals surface area contributed by atoms with Crippen LogP contribution in [0.3, 0.4) is 0 Å². The molecule has 8 heteroatoms.